The highest BCUT2D eigenvalue weighted by molar-refractivity contribution is 7.78. The fourth-order valence-corrected chi connectivity index (χ4v) is 0.752. The lowest BCUT2D eigenvalue weighted by molar-refractivity contribution is 0.658. The summed E-state index contributed by atoms with van der Waals surface area (Å²) < 4.78 is 0. The van der Waals surface area contributed by atoms with Crippen molar-refractivity contribution in [1.82, 2.24) is 0 Å². The summed E-state index contributed by atoms with van der Waals surface area (Å²) in [7, 11) is 0. The Morgan fingerprint density at radius 2 is 2.38 bits per heavy atom. The molecule has 8 heavy (non-hydrogen) atoms. The third-order valence-corrected chi connectivity index (χ3v) is 1.08. The predicted octanol–water partition coefficient (Wildman–Crippen LogP) is 2.28. The van der Waals surface area contributed by atoms with Crippen LogP contribution < -0.4 is 0 Å². The molecule has 0 aliphatic carbocycles. The summed E-state index contributed by atoms with van der Waals surface area (Å²) in [6, 6.07) is 0.373. The molecule has 0 saturated carbocycles. The zero-order chi connectivity index (χ0) is 6.41. The average Bonchev–Trinajstić information content (AvgIpc) is 1.68. The van der Waals surface area contributed by atoms with E-state index in [1.807, 2.05) is 6.92 Å². The SMILES string of the molecule is CCC[C@@H](C)N=C=S. The zero-order valence-corrected chi connectivity index (χ0v) is 6.16. The molecule has 0 unspecified atom stereocenters. The van der Waals surface area contributed by atoms with Crippen molar-refractivity contribution in [1.29, 1.82) is 0 Å². The van der Waals surface area contributed by atoms with Crippen LogP contribution >= 0.6 is 12.2 Å². The third-order valence-electron chi connectivity index (χ3n) is 0.980. The fraction of sp³-hybridized carbons (Fsp3) is 0.833. The van der Waals surface area contributed by atoms with Gasteiger partial charge in [0, 0.05) is 0 Å². The second-order valence-electron chi connectivity index (χ2n) is 1.86. The van der Waals surface area contributed by atoms with Crippen LogP contribution in [0, 0.1) is 0 Å². The molecular formula is C6H11NS. The van der Waals surface area contributed by atoms with Gasteiger partial charge in [0.1, 0.15) is 0 Å². The molecule has 0 rings (SSSR count). The largest absolute Gasteiger partial charge is 0.229 e. The van der Waals surface area contributed by atoms with E-state index in [0.717, 1.165) is 6.42 Å². The smallest absolute Gasteiger partial charge is 0.0587 e. The molecule has 0 radical (unpaired) electrons. The van der Waals surface area contributed by atoms with Gasteiger partial charge in [0.15, 0.2) is 0 Å². The van der Waals surface area contributed by atoms with Crippen molar-refractivity contribution in [3.8, 4) is 0 Å². The molecule has 0 amide bonds. The first-order chi connectivity index (χ1) is 3.81. The number of nitrogens with zero attached hydrogens (tertiary/aromatic N) is 1. The van der Waals surface area contributed by atoms with E-state index < -0.39 is 0 Å². The van der Waals surface area contributed by atoms with Crippen LogP contribution in [0.25, 0.3) is 0 Å². The number of rotatable bonds is 3. The summed E-state index contributed by atoms with van der Waals surface area (Å²) >= 11 is 4.43. The Labute approximate surface area is 55.8 Å². The Balaban J connectivity index is 3.31. The van der Waals surface area contributed by atoms with Crippen LogP contribution in [0.15, 0.2) is 4.99 Å². The second kappa shape index (κ2) is 4.95. The first kappa shape index (κ1) is 7.80. The standard InChI is InChI=1S/C6H11NS/c1-3-4-6(2)7-5-8/h6H,3-4H2,1-2H3/t6-/m1/s1. The molecule has 0 aromatic rings. The Morgan fingerprint density at radius 1 is 1.75 bits per heavy atom. The Hall–Kier alpha value is -0.200. The molecule has 0 N–H and O–H groups in total. The van der Waals surface area contributed by atoms with E-state index in [0.29, 0.717) is 6.04 Å². The molecular weight excluding hydrogens is 118 g/mol. The maximum atomic E-state index is 4.43. The van der Waals surface area contributed by atoms with E-state index in [1.165, 1.54) is 6.42 Å². The molecule has 1 nitrogen and oxygen atoms in total. The number of thiocarbonyl (C=S) groups is 1. The van der Waals surface area contributed by atoms with Crippen LogP contribution in [-0.4, -0.2) is 11.2 Å². The van der Waals surface area contributed by atoms with Crippen LogP contribution in [0.1, 0.15) is 26.7 Å². The van der Waals surface area contributed by atoms with Crippen molar-refractivity contribution >= 4 is 17.4 Å². The Bertz CT molecular complexity index is 94.7. The van der Waals surface area contributed by atoms with Gasteiger partial charge in [0.2, 0.25) is 0 Å². The highest BCUT2D eigenvalue weighted by atomic mass is 32.1. The van der Waals surface area contributed by atoms with E-state index in [4.69, 9.17) is 0 Å². The van der Waals surface area contributed by atoms with Gasteiger partial charge in [0.05, 0.1) is 11.2 Å². The molecule has 0 aromatic heterocycles. The predicted molar refractivity (Wildman–Crippen MR) is 39.4 cm³/mol. The lowest BCUT2D eigenvalue weighted by Crippen LogP contribution is -1.93. The molecule has 0 aliphatic heterocycles. The molecule has 0 saturated heterocycles. The highest BCUT2D eigenvalue weighted by Crippen LogP contribution is 1.97. The minimum absolute atomic E-state index is 0.373. The van der Waals surface area contributed by atoms with Crippen molar-refractivity contribution in [3.05, 3.63) is 0 Å². The number of aliphatic imine (C=N–C) groups is 1. The van der Waals surface area contributed by atoms with Gasteiger partial charge in [-0.3, -0.25) is 0 Å². The average molecular weight is 129 g/mol. The molecule has 0 bridgehead atoms. The van der Waals surface area contributed by atoms with Crippen LogP contribution in [0.5, 0.6) is 0 Å². The van der Waals surface area contributed by atoms with Crippen molar-refractivity contribution in [2.24, 2.45) is 4.99 Å². The van der Waals surface area contributed by atoms with E-state index in [2.05, 4.69) is 29.3 Å². The van der Waals surface area contributed by atoms with Crippen molar-refractivity contribution in [2.45, 2.75) is 32.7 Å². The van der Waals surface area contributed by atoms with Gasteiger partial charge in [-0.15, -0.1) is 0 Å². The molecule has 0 aliphatic rings. The summed E-state index contributed by atoms with van der Waals surface area (Å²) in [5.74, 6) is 0. The molecule has 0 fully saturated rings. The van der Waals surface area contributed by atoms with Crippen LogP contribution in [0.3, 0.4) is 0 Å². The molecule has 0 heterocycles. The van der Waals surface area contributed by atoms with Crippen molar-refractivity contribution < 1.29 is 0 Å². The third kappa shape index (κ3) is 3.97. The number of hydrogen-bond acceptors (Lipinski definition) is 2. The van der Waals surface area contributed by atoms with Gasteiger partial charge >= 0.3 is 0 Å². The minimum atomic E-state index is 0.373. The summed E-state index contributed by atoms with van der Waals surface area (Å²) in [5, 5.41) is 2.36. The van der Waals surface area contributed by atoms with E-state index in [9.17, 15) is 0 Å². The van der Waals surface area contributed by atoms with E-state index >= 15 is 0 Å². The van der Waals surface area contributed by atoms with Gasteiger partial charge in [0.25, 0.3) is 0 Å². The van der Waals surface area contributed by atoms with Crippen LogP contribution in [0.2, 0.25) is 0 Å². The van der Waals surface area contributed by atoms with Crippen LogP contribution in [-0.2, 0) is 0 Å². The first-order valence-electron chi connectivity index (χ1n) is 2.88. The zero-order valence-electron chi connectivity index (χ0n) is 5.35. The Morgan fingerprint density at radius 3 is 2.75 bits per heavy atom. The number of hydrogen-bond donors (Lipinski definition) is 0. The normalized spacial score (nSPS) is 12.2. The molecule has 0 spiro atoms. The lowest BCUT2D eigenvalue weighted by atomic mass is 10.2. The van der Waals surface area contributed by atoms with Gasteiger partial charge in [-0.1, -0.05) is 13.3 Å². The van der Waals surface area contributed by atoms with Gasteiger partial charge in [-0.25, -0.2) is 4.99 Å². The molecule has 46 valence electrons. The van der Waals surface area contributed by atoms with Gasteiger partial charge < -0.3 is 0 Å². The monoisotopic (exact) mass is 129 g/mol. The highest BCUT2D eigenvalue weighted by Gasteiger charge is 1.91. The summed E-state index contributed by atoms with van der Waals surface area (Å²) in [5.41, 5.74) is 0. The van der Waals surface area contributed by atoms with Gasteiger partial charge in [-0.05, 0) is 25.6 Å². The van der Waals surface area contributed by atoms with Crippen molar-refractivity contribution in [3.63, 3.8) is 0 Å². The molecule has 1 atom stereocenters. The number of isothiocyanates is 1. The van der Waals surface area contributed by atoms with Gasteiger partial charge in [-0.2, -0.15) is 0 Å². The van der Waals surface area contributed by atoms with Crippen molar-refractivity contribution in [2.75, 3.05) is 0 Å². The lowest BCUT2D eigenvalue weighted by Gasteiger charge is -1.97. The summed E-state index contributed by atoms with van der Waals surface area (Å²) in [6.07, 6.45) is 2.28. The van der Waals surface area contributed by atoms with Crippen LogP contribution in [0.4, 0.5) is 0 Å². The van der Waals surface area contributed by atoms with E-state index in [-0.39, 0.29) is 0 Å². The maximum Gasteiger partial charge on any atom is 0.0587 e. The summed E-state index contributed by atoms with van der Waals surface area (Å²) in [6.45, 7) is 4.18. The summed E-state index contributed by atoms with van der Waals surface area (Å²) in [4.78, 5) is 3.88. The Kier molecular flexibility index (Phi) is 4.82. The van der Waals surface area contributed by atoms with E-state index in [1.54, 1.807) is 0 Å². The first-order valence-corrected chi connectivity index (χ1v) is 3.29. The quantitative estimate of drug-likeness (QED) is 0.420. The minimum Gasteiger partial charge on any atom is -0.229 e. The second-order valence-corrected chi connectivity index (χ2v) is 2.04. The molecule has 0 aromatic carbocycles. The maximum absolute atomic E-state index is 4.43. The fourth-order valence-electron chi connectivity index (χ4n) is 0.572. The topological polar surface area (TPSA) is 12.4 Å². The molecule has 2 heteroatoms.